The summed E-state index contributed by atoms with van der Waals surface area (Å²) in [6.45, 7) is 0. The lowest BCUT2D eigenvalue weighted by Gasteiger charge is -2.35. The molecule has 0 aliphatic heterocycles. The minimum atomic E-state index is -6.98. The Bertz CT molecular complexity index is 298. The number of hydrogen-bond acceptors (Lipinski definition) is 1. The van der Waals surface area contributed by atoms with Gasteiger partial charge in [-0.25, -0.2) is 0 Å². The average Bonchev–Trinajstić information content (AvgIpc) is 1.95. The van der Waals surface area contributed by atoms with Crippen molar-refractivity contribution in [3.05, 3.63) is 0 Å². The van der Waals surface area contributed by atoms with E-state index in [0.29, 0.717) is 0 Å². The van der Waals surface area contributed by atoms with Crippen LogP contribution >= 0.6 is 0 Å². The molecular formula is C6H4F11N. The topological polar surface area (TPSA) is 26.0 Å². The summed E-state index contributed by atoms with van der Waals surface area (Å²) in [6, 6.07) is -6.12. The molecule has 0 bridgehead atoms. The van der Waals surface area contributed by atoms with E-state index in [1.165, 1.54) is 0 Å². The van der Waals surface area contributed by atoms with Crippen molar-refractivity contribution >= 4 is 0 Å². The molecule has 0 aromatic carbocycles. The van der Waals surface area contributed by atoms with Crippen LogP contribution in [0.5, 0.6) is 0 Å². The maximum Gasteiger partial charge on any atom is 0.395 e. The van der Waals surface area contributed by atoms with Crippen LogP contribution in [-0.4, -0.2) is 30.0 Å². The normalized spacial score (nSPS) is 16.0. The Kier molecular flexibility index (Phi) is 3.91. The summed E-state index contributed by atoms with van der Waals surface area (Å²) >= 11 is 0. The molecule has 0 unspecified atom stereocenters. The first-order valence-corrected chi connectivity index (χ1v) is 3.82. The Balaban J connectivity index is 5.50. The molecule has 0 rings (SSSR count). The largest absolute Gasteiger partial charge is 0.395 e. The smallest absolute Gasteiger partial charge is 0.267 e. The van der Waals surface area contributed by atoms with Gasteiger partial charge in [0.25, 0.3) is 0 Å². The van der Waals surface area contributed by atoms with Crippen molar-refractivity contribution in [2.45, 2.75) is 36.4 Å². The monoisotopic (exact) mass is 299 g/mol. The van der Waals surface area contributed by atoms with Crippen LogP contribution in [0.2, 0.25) is 0 Å². The van der Waals surface area contributed by atoms with Gasteiger partial charge in [-0.1, -0.05) is 0 Å². The summed E-state index contributed by atoms with van der Waals surface area (Å²) in [5.41, 5.74) is 3.28. The standard InChI is InChI=1S/C6H4F11N/c7-2(8,1-3(9,10)11)4(12,13)5(14,15)6(16,17)18/h1,18H2. The quantitative estimate of drug-likeness (QED) is 0.625. The fourth-order valence-electron chi connectivity index (χ4n) is 0.802. The third kappa shape index (κ3) is 2.95. The Morgan fingerprint density at radius 3 is 1.17 bits per heavy atom. The molecule has 12 heteroatoms. The number of rotatable bonds is 4. The lowest BCUT2D eigenvalue weighted by Crippen LogP contribution is -2.65. The molecule has 0 aliphatic rings. The summed E-state index contributed by atoms with van der Waals surface area (Å²) < 4.78 is 133. The highest BCUT2D eigenvalue weighted by molar-refractivity contribution is 5.02. The highest BCUT2D eigenvalue weighted by Gasteiger charge is 2.80. The van der Waals surface area contributed by atoms with Crippen molar-refractivity contribution in [3.63, 3.8) is 0 Å². The van der Waals surface area contributed by atoms with E-state index in [4.69, 9.17) is 0 Å². The molecule has 0 radical (unpaired) electrons. The number of nitrogens with two attached hydrogens (primary N) is 1. The number of halogens is 11. The zero-order valence-electron chi connectivity index (χ0n) is 7.94. The van der Waals surface area contributed by atoms with Crippen LogP contribution in [0.3, 0.4) is 0 Å². The van der Waals surface area contributed by atoms with Crippen LogP contribution < -0.4 is 5.73 Å². The highest BCUT2D eigenvalue weighted by atomic mass is 19.4. The van der Waals surface area contributed by atoms with Crippen LogP contribution in [0.1, 0.15) is 6.42 Å². The van der Waals surface area contributed by atoms with Gasteiger partial charge >= 0.3 is 30.0 Å². The number of hydrogen-bond donors (Lipinski definition) is 1. The van der Waals surface area contributed by atoms with Gasteiger partial charge in [-0.05, 0) is 0 Å². The molecule has 0 aliphatic carbocycles. The molecule has 18 heavy (non-hydrogen) atoms. The van der Waals surface area contributed by atoms with Crippen molar-refractivity contribution in [2.75, 3.05) is 0 Å². The summed E-state index contributed by atoms with van der Waals surface area (Å²) in [5.74, 6) is -20.3. The first-order chi connectivity index (χ1) is 7.46. The van der Waals surface area contributed by atoms with E-state index < -0.39 is 36.4 Å². The van der Waals surface area contributed by atoms with Crippen molar-refractivity contribution in [3.8, 4) is 0 Å². The molecule has 0 atom stereocenters. The Morgan fingerprint density at radius 2 is 0.944 bits per heavy atom. The molecule has 0 heterocycles. The summed E-state index contributed by atoms with van der Waals surface area (Å²) in [7, 11) is 0. The van der Waals surface area contributed by atoms with Gasteiger partial charge in [0.15, 0.2) is 0 Å². The van der Waals surface area contributed by atoms with Gasteiger partial charge in [-0.3, -0.25) is 5.73 Å². The van der Waals surface area contributed by atoms with Gasteiger partial charge in [-0.15, -0.1) is 0 Å². The Hall–Kier alpha value is -0.810. The second-order valence-electron chi connectivity index (χ2n) is 3.27. The van der Waals surface area contributed by atoms with Crippen LogP contribution in [0.15, 0.2) is 0 Å². The van der Waals surface area contributed by atoms with E-state index in [-0.39, 0.29) is 0 Å². The van der Waals surface area contributed by atoms with Crippen molar-refractivity contribution < 1.29 is 48.3 Å². The summed E-state index contributed by atoms with van der Waals surface area (Å²) in [6.07, 6.45) is -9.66. The SMILES string of the molecule is NC(F)(F)C(F)(F)C(F)(F)C(F)(F)CC(F)(F)F. The molecule has 0 spiro atoms. The predicted molar refractivity (Wildman–Crippen MR) is 34.6 cm³/mol. The zero-order chi connectivity index (χ0) is 15.2. The second-order valence-corrected chi connectivity index (χ2v) is 3.27. The summed E-state index contributed by atoms with van der Waals surface area (Å²) in [4.78, 5) is 0. The second kappa shape index (κ2) is 4.10. The maximum absolute atomic E-state index is 12.4. The van der Waals surface area contributed by atoms with Crippen LogP contribution in [-0.2, 0) is 0 Å². The third-order valence-electron chi connectivity index (χ3n) is 1.69. The van der Waals surface area contributed by atoms with Crippen LogP contribution in [0.4, 0.5) is 48.3 Å². The lowest BCUT2D eigenvalue weighted by molar-refractivity contribution is -0.376. The van der Waals surface area contributed by atoms with Crippen LogP contribution in [0, 0.1) is 0 Å². The van der Waals surface area contributed by atoms with E-state index in [0.717, 1.165) is 0 Å². The highest BCUT2D eigenvalue weighted by Crippen LogP contribution is 2.53. The summed E-state index contributed by atoms with van der Waals surface area (Å²) in [5, 5.41) is 0. The molecule has 0 fully saturated rings. The molecule has 110 valence electrons. The average molecular weight is 299 g/mol. The van der Waals surface area contributed by atoms with Gasteiger partial charge in [0.1, 0.15) is 6.42 Å². The molecule has 0 aromatic heterocycles. The fourth-order valence-corrected chi connectivity index (χ4v) is 0.802. The van der Waals surface area contributed by atoms with Gasteiger partial charge in [0, 0.05) is 0 Å². The third-order valence-corrected chi connectivity index (χ3v) is 1.69. The Labute approximate surface area is 91.7 Å². The number of alkyl halides is 11. The van der Waals surface area contributed by atoms with E-state index >= 15 is 0 Å². The minimum absolute atomic E-state index is 3.28. The zero-order valence-corrected chi connectivity index (χ0v) is 7.94. The van der Waals surface area contributed by atoms with Gasteiger partial charge < -0.3 is 0 Å². The van der Waals surface area contributed by atoms with E-state index in [1.807, 2.05) is 0 Å². The van der Waals surface area contributed by atoms with E-state index in [2.05, 4.69) is 5.73 Å². The van der Waals surface area contributed by atoms with Gasteiger partial charge in [0.05, 0.1) is 0 Å². The first-order valence-electron chi connectivity index (χ1n) is 3.82. The van der Waals surface area contributed by atoms with Crippen molar-refractivity contribution in [1.82, 2.24) is 0 Å². The van der Waals surface area contributed by atoms with Crippen molar-refractivity contribution in [2.24, 2.45) is 5.73 Å². The molecule has 0 aromatic rings. The molecule has 0 amide bonds. The molecule has 0 saturated heterocycles. The molecule has 0 saturated carbocycles. The lowest BCUT2D eigenvalue weighted by atomic mass is 10.00. The Morgan fingerprint density at radius 1 is 0.611 bits per heavy atom. The molecule has 1 nitrogen and oxygen atoms in total. The van der Waals surface area contributed by atoms with Crippen LogP contribution in [0.25, 0.3) is 0 Å². The predicted octanol–water partition coefficient (Wildman–Crippen LogP) is 3.40. The molecular weight excluding hydrogens is 295 g/mol. The van der Waals surface area contributed by atoms with E-state index in [9.17, 15) is 48.3 Å². The first kappa shape index (κ1) is 17.2. The van der Waals surface area contributed by atoms with Gasteiger partial charge in [0.2, 0.25) is 0 Å². The fraction of sp³-hybridized carbons (Fsp3) is 1.00. The minimum Gasteiger partial charge on any atom is -0.267 e. The maximum atomic E-state index is 12.4. The molecule has 2 N–H and O–H groups in total. The van der Waals surface area contributed by atoms with Gasteiger partial charge in [-0.2, -0.15) is 48.3 Å². The van der Waals surface area contributed by atoms with E-state index in [1.54, 1.807) is 0 Å². The van der Waals surface area contributed by atoms with Crippen molar-refractivity contribution in [1.29, 1.82) is 0 Å².